The van der Waals surface area contributed by atoms with Crippen LogP contribution in [-0.2, 0) is 21.1 Å². The van der Waals surface area contributed by atoms with Gasteiger partial charge in [0.25, 0.3) is 5.91 Å². The van der Waals surface area contributed by atoms with Gasteiger partial charge in [-0.25, -0.2) is 13.4 Å². The Morgan fingerprint density at radius 2 is 1.85 bits per heavy atom. The summed E-state index contributed by atoms with van der Waals surface area (Å²) in [6.07, 6.45) is 2.81. The number of aliphatic hydroxyl groups excluding tert-OH is 1. The molecule has 0 aliphatic rings. The number of benzene rings is 2. The van der Waals surface area contributed by atoms with Gasteiger partial charge in [-0.15, -0.1) is 11.3 Å². The van der Waals surface area contributed by atoms with Gasteiger partial charge in [0.05, 0.1) is 29.3 Å². The lowest BCUT2D eigenvalue weighted by molar-refractivity contribution is -0.120. The van der Waals surface area contributed by atoms with Crippen LogP contribution in [0.1, 0.15) is 21.6 Å². The molecule has 0 fully saturated rings. The van der Waals surface area contributed by atoms with Crippen LogP contribution in [0.3, 0.4) is 0 Å². The molecule has 10 nitrogen and oxygen atoms in total. The third-order valence-corrected chi connectivity index (χ3v) is 7.42. The summed E-state index contributed by atoms with van der Waals surface area (Å²) in [6.45, 7) is 1.91. The van der Waals surface area contributed by atoms with Gasteiger partial charge in [0, 0.05) is 35.5 Å². The van der Waals surface area contributed by atoms with Crippen LogP contribution in [0.25, 0.3) is 11.3 Å². The third kappa shape index (κ3) is 7.47. The number of nitrogens with zero attached hydrogens (tertiary/aromatic N) is 2. The Balaban J connectivity index is 1.60. The number of pyridine rings is 1. The van der Waals surface area contributed by atoms with Crippen LogP contribution in [-0.4, -0.2) is 54.7 Å². The molecule has 0 saturated heterocycles. The second-order valence-electron chi connectivity index (χ2n) is 8.61. The number of carbonyl (C=O) groups excluding carboxylic acids is 2. The first-order chi connectivity index (χ1) is 18.6. The quantitative estimate of drug-likeness (QED) is 0.264. The van der Waals surface area contributed by atoms with Crippen molar-refractivity contribution in [3.8, 4) is 22.8 Å². The van der Waals surface area contributed by atoms with Gasteiger partial charge in [0.1, 0.15) is 11.5 Å². The number of nitrogens with one attached hydrogen (secondary N) is 2. The zero-order valence-electron chi connectivity index (χ0n) is 21.2. The Bertz CT molecular complexity index is 1600. The van der Waals surface area contributed by atoms with Gasteiger partial charge in [-0.05, 0) is 61.0 Å². The fraction of sp³-hybridized carbons (Fsp3) is 0.185. The molecule has 0 unspecified atom stereocenters. The Labute approximate surface area is 229 Å². The van der Waals surface area contributed by atoms with Gasteiger partial charge in [-0.2, -0.15) is 0 Å². The van der Waals surface area contributed by atoms with E-state index in [0.29, 0.717) is 33.6 Å². The average molecular weight is 567 g/mol. The van der Waals surface area contributed by atoms with Gasteiger partial charge in [-0.3, -0.25) is 19.9 Å². The molecule has 4 aromatic rings. The molecule has 0 aliphatic heterocycles. The zero-order chi connectivity index (χ0) is 28.0. The normalized spacial score (nSPS) is 11.2. The molecule has 2 aromatic heterocycles. The van der Waals surface area contributed by atoms with Crippen LogP contribution in [0.5, 0.6) is 11.5 Å². The first-order valence-corrected chi connectivity index (χ1v) is 14.6. The monoisotopic (exact) mass is 566 g/mol. The lowest BCUT2D eigenvalue weighted by atomic mass is 10.0. The van der Waals surface area contributed by atoms with Gasteiger partial charge in [0.2, 0.25) is 5.91 Å². The first-order valence-electron chi connectivity index (χ1n) is 11.8. The molecule has 0 spiro atoms. The Hall–Kier alpha value is -4.13. The summed E-state index contributed by atoms with van der Waals surface area (Å²) in [5, 5.41) is 16.1. The number of rotatable bonds is 10. The Morgan fingerprint density at radius 1 is 1.08 bits per heavy atom. The van der Waals surface area contributed by atoms with E-state index in [9.17, 15) is 18.0 Å². The minimum absolute atomic E-state index is 0.0247. The molecule has 12 heteroatoms. The fourth-order valence-corrected chi connectivity index (χ4v) is 4.98. The van der Waals surface area contributed by atoms with E-state index < -0.39 is 15.7 Å². The lowest BCUT2D eigenvalue weighted by Crippen LogP contribution is -2.27. The second kappa shape index (κ2) is 12.2. The number of carbonyl (C=O) groups is 2. The molecule has 2 aromatic carbocycles. The predicted molar refractivity (Wildman–Crippen MR) is 148 cm³/mol. The minimum atomic E-state index is -3.35. The van der Waals surface area contributed by atoms with Crippen LogP contribution in [0, 0.1) is 6.92 Å². The summed E-state index contributed by atoms with van der Waals surface area (Å²) < 4.78 is 29.5. The number of ether oxygens (including phenoxy) is 1. The smallest absolute Gasteiger partial charge is 0.257 e. The van der Waals surface area contributed by atoms with Crippen LogP contribution < -0.4 is 15.4 Å². The number of hydrogen-bond acceptors (Lipinski definition) is 9. The number of aromatic nitrogens is 2. The number of thiazole rings is 1. The molecule has 0 bridgehead atoms. The largest absolute Gasteiger partial charge is 0.457 e. The summed E-state index contributed by atoms with van der Waals surface area (Å²) in [5.74, 6) is 0.0354. The van der Waals surface area contributed by atoms with Crippen molar-refractivity contribution in [3.63, 3.8) is 0 Å². The minimum Gasteiger partial charge on any atom is -0.457 e. The summed E-state index contributed by atoms with van der Waals surface area (Å²) in [5.41, 5.74) is 3.02. The summed E-state index contributed by atoms with van der Waals surface area (Å²) in [6, 6.07) is 14.7. The van der Waals surface area contributed by atoms with E-state index >= 15 is 0 Å². The molecule has 0 saturated carbocycles. The maximum absolute atomic E-state index is 13.2. The predicted octanol–water partition coefficient (Wildman–Crippen LogP) is 3.61. The number of sulfone groups is 1. The molecule has 3 N–H and O–H groups in total. The highest BCUT2D eigenvalue weighted by Crippen LogP contribution is 2.31. The second-order valence-corrected chi connectivity index (χ2v) is 11.5. The van der Waals surface area contributed by atoms with E-state index in [2.05, 4.69) is 20.6 Å². The average Bonchev–Trinajstić information content (AvgIpc) is 3.33. The lowest BCUT2D eigenvalue weighted by Gasteiger charge is -2.12. The summed E-state index contributed by atoms with van der Waals surface area (Å²) in [4.78, 5) is 34.0. The molecule has 0 radical (unpaired) electrons. The number of anilines is 1. The molecular formula is C27H26N4O6S2. The van der Waals surface area contributed by atoms with Crippen LogP contribution in [0.4, 0.5) is 5.13 Å². The van der Waals surface area contributed by atoms with Crippen LogP contribution >= 0.6 is 11.3 Å². The highest BCUT2D eigenvalue weighted by Gasteiger charge is 2.16. The number of aliphatic hydroxyl groups is 1. The highest BCUT2D eigenvalue weighted by atomic mass is 32.2. The van der Waals surface area contributed by atoms with E-state index in [0.717, 1.165) is 11.8 Å². The summed E-state index contributed by atoms with van der Waals surface area (Å²) >= 11 is 1.19. The molecular weight excluding hydrogens is 540 g/mol. The molecule has 0 aliphatic carbocycles. The van der Waals surface area contributed by atoms with Gasteiger partial charge >= 0.3 is 0 Å². The number of hydrogen-bond donors (Lipinski definition) is 3. The van der Waals surface area contributed by atoms with Crippen molar-refractivity contribution in [1.82, 2.24) is 15.3 Å². The topological polar surface area (TPSA) is 148 Å². The van der Waals surface area contributed by atoms with E-state index in [-0.39, 0.29) is 35.9 Å². The molecule has 0 atom stereocenters. The van der Waals surface area contributed by atoms with Crippen molar-refractivity contribution >= 4 is 38.1 Å². The molecule has 2 heterocycles. The van der Waals surface area contributed by atoms with Crippen LogP contribution in [0.15, 0.2) is 71.1 Å². The molecule has 4 rings (SSSR count). The molecule has 2 amide bonds. The van der Waals surface area contributed by atoms with Gasteiger partial charge < -0.3 is 15.2 Å². The molecule has 202 valence electrons. The summed E-state index contributed by atoms with van der Waals surface area (Å²) in [7, 11) is -3.35. The van der Waals surface area contributed by atoms with Crippen LogP contribution in [0.2, 0.25) is 0 Å². The maximum Gasteiger partial charge on any atom is 0.257 e. The standard InChI is InChI=1S/C27H26N4O6S2/c1-17-4-3-9-29-25(17)18-12-19(14-22(13-18)37-21-5-7-23(8-6-21)39(2,35)36)26(34)31-27-30-20(16-38-27)15-24(33)28-10-11-32/h3-9,12-14,16,32H,10-11,15H2,1-2H3,(H,28,33)(H,30,31,34). The van der Waals surface area contributed by atoms with Crippen molar-refractivity contribution in [1.29, 1.82) is 0 Å². The van der Waals surface area contributed by atoms with Crippen molar-refractivity contribution in [3.05, 3.63) is 83.0 Å². The third-order valence-electron chi connectivity index (χ3n) is 5.49. The van der Waals surface area contributed by atoms with Gasteiger partial charge in [0.15, 0.2) is 15.0 Å². The zero-order valence-corrected chi connectivity index (χ0v) is 22.8. The van der Waals surface area contributed by atoms with E-state index in [1.807, 2.05) is 19.1 Å². The maximum atomic E-state index is 13.2. The number of aryl methyl sites for hydroxylation is 1. The van der Waals surface area contributed by atoms with Crippen molar-refractivity contribution in [2.75, 3.05) is 24.7 Å². The fourth-order valence-electron chi connectivity index (χ4n) is 3.64. The Kier molecular flexibility index (Phi) is 8.69. The molecule has 39 heavy (non-hydrogen) atoms. The van der Waals surface area contributed by atoms with E-state index in [4.69, 9.17) is 9.84 Å². The van der Waals surface area contributed by atoms with E-state index in [1.165, 1.54) is 23.5 Å². The van der Waals surface area contributed by atoms with Gasteiger partial charge in [-0.1, -0.05) is 6.07 Å². The van der Waals surface area contributed by atoms with Crippen molar-refractivity contribution in [2.45, 2.75) is 18.2 Å². The SMILES string of the molecule is Cc1cccnc1-c1cc(Oc2ccc(S(C)(=O)=O)cc2)cc(C(=O)Nc2nc(CC(=O)NCCO)cs2)c1. The first kappa shape index (κ1) is 27.9. The Morgan fingerprint density at radius 3 is 2.54 bits per heavy atom. The van der Waals surface area contributed by atoms with E-state index in [1.54, 1.807) is 41.9 Å². The van der Waals surface area contributed by atoms with Crippen molar-refractivity contribution < 1.29 is 27.9 Å². The highest BCUT2D eigenvalue weighted by molar-refractivity contribution is 7.90. The van der Waals surface area contributed by atoms with Crippen molar-refractivity contribution in [2.24, 2.45) is 0 Å². The number of amides is 2.